The molecular weight excluding hydrogens is 212 g/mol. The standard InChI is InChI=1S/C10H11ClN4/c1-6-5-12-10(11)4-9(6)15-8(3)13-7(2)14-15/h4-5H,1-3H3. The number of aryl methyl sites for hydroxylation is 3. The Labute approximate surface area is 92.9 Å². The predicted molar refractivity (Wildman–Crippen MR) is 58.4 cm³/mol. The summed E-state index contributed by atoms with van der Waals surface area (Å²) in [6, 6.07) is 1.79. The molecule has 2 aromatic heterocycles. The van der Waals surface area contributed by atoms with Crippen molar-refractivity contribution in [2.24, 2.45) is 0 Å². The third-order valence-electron chi connectivity index (χ3n) is 2.14. The molecule has 0 amide bonds. The molecule has 0 atom stereocenters. The van der Waals surface area contributed by atoms with Crippen LogP contribution in [0.5, 0.6) is 0 Å². The molecule has 2 aromatic rings. The third kappa shape index (κ3) is 1.85. The van der Waals surface area contributed by atoms with Gasteiger partial charge in [-0.2, -0.15) is 5.10 Å². The van der Waals surface area contributed by atoms with E-state index in [2.05, 4.69) is 15.1 Å². The molecular formula is C10H11ClN4. The van der Waals surface area contributed by atoms with Crippen molar-refractivity contribution in [3.05, 3.63) is 34.6 Å². The van der Waals surface area contributed by atoms with Gasteiger partial charge in [0.25, 0.3) is 0 Å². The van der Waals surface area contributed by atoms with Gasteiger partial charge in [-0.25, -0.2) is 14.6 Å². The summed E-state index contributed by atoms with van der Waals surface area (Å²) in [5.74, 6) is 1.60. The molecule has 0 aliphatic carbocycles. The van der Waals surface area contributed by atoms with E-state index in [1.54, 1.807) is 16.9 Å². The van der Waals surface area contributed by atoms with E-state index in [9.17, 15) is 0 Å². The summed E-state index contributed by atoms with van der Waals surface area (Å²) in [4.78, 5) is 8.25. The SMILES string of the molecule is Cc1nc(C)n(-c2cc(Cl)ncc2C)n1. The molecule has 0 N–H and O–H groups in total. The smallest absolute Gasteiger partial charge is 0.148 e. The van der Waals surface area contributed by atoms with E-state index in [0.717, 1.165) is 22.9 Å². The molecule has 2 rings (SSSR count). The minimum atomic E-state index is 0.461. The highest BCUT2D eigenvalue weighted by atomic mass is 35.5. The molecule has 0 aliphatic heterocycles. The second-order valence-electron chi connectivity index (χ2n) is 3.41. The van der Waals surface area contributed by atoms with Crippen LogP contribution in [0.2, 0.25) is 5.15 Å². The highest BCUT2D eigenvalue weighted by Crippen LogP contribution is 2.17. The maximum atomic E-state index is 5.85. The van der Waals surface area contributed by atoms with Gasteiger partial charge in [0.15, 0.2) is 0 Å². The molecule has 0 bridgehead atoms. The van der Waals surface area contributed by atoms with Crippen LogP contribution in [0, 0.1) is 20.8 Å². The van der Waals surface area contributed by atoms with Gasteiger partial charge in [-0.3, -0.25) is 0 Å². The molecule has 0 aliphatic rings. The van der Waals surface area contributed by atoms with E-state index in [-0.39, 0.29) is 0 Å². The number of hydrogen-bond acceptors (Lipinski definition) is 3. The Kier molecular flexibility index (Phi) is 2.44. The van der Waals surface area contributed by atoms with E-state index >= 15 is 0 Å². The summed E-state index contributed by atoms with van der Waals surface area (Å²) in [5, 5.41) is 4.76. The maximum absolute atomic E-state index is 5.85. The van der Waals surface area contributed by atoms with Crippen LogP contribution in [0.4, 0.5) is 0 Å². The Morgan fingerprint density at radius 3 is 2.60 bits per heavy atom. The lowest BCUT2D eigenvalue weighted by Gasteiger charge is -2.06. The Balaban J connectivity index is 2.62. The van der Waals surface area contributed by atoms with Crippen LogP contribution < -0.4 is 0 Å². The summed E-state index contributed by atoms with van der Waals surface area (Å²) in [5.41, 5.74) is 1.94. The molecule has 2 heterocycles. The van der Waals surface area contributed by atoms with E-state index in [0.29, 0.717) is 5.15 Å². The molecule has 0 unspecified atom stereocenters. The average Bonchev–Trinajstić information content (AvgIpc) is 2.50. The van der Waals surface area contributed by atoms with Crippen LogP contribution in [-0.4, -0.2) is 19.7 Å². The minimum Gasteiger partial charge on any atom is -0.244 e. The summed E-state index contributed by atoms with van der Waals surface area (Å²) < 4.78 is 1.78. The van der Waals surface area contributed by atoms with E-state index in [4.69, 9.17) is 11.6 Å². The highest BCUT2D eigenvalue weighted by molar-refractivity contribution is 6.29. The molecule has 0 aromatic carbocycles. The summed E-state index contributed by atoms with van der Waals surface area (Å²) >= 11 is 5.85. The quantitative estimate of drug-likeness (QED) is 0.695. The van der Waals surface area contributed by atoms with Gasteiger partial charge < -0.3 is 0 Å². The van der Waals surface area contributed by atoms with Crippen LogP contribution in [0.1, 0.15) is 17.2 Å². The first-order valence-corrected chi connectivity index (χ1v) is 4.98. The zero-order chi connectivity index (χ0) is 11.0. The number of aromatic nitrogens is 4. The van der Waals surface area contributed by atoms with Gasteiger partial charge in [0.1, 0.15) is 16.8 Å². The van der Waals surface area contributed by atoms with E-state index in [1.807, 2.05) is 20.8 Å². The minimum absolute atomic E-state index is 0.461. The largest absolute Gasteiger partial charge is 0.244 e. The Morgan fingerprint density at radius 1 is 1.27 bits per heavy atom. The number of rotatable bonds is 1. The van der Waals surface area contributed by atoms with Crippen molar-refractivity contribution in [3.8, 4) is 5.69 Å². The van der Waals surface area contributed by atoms with Crippen molar-refractivity contribution < 1.29 is 0 Å². The fourth-order valence-corrected chi connectivity index (χ4v) is 1.62. The van der Waals surface area contributed by atoms with Gasteiger partial charge >= 0.3 is 0 Å². The monoisotopic (exact) mass is 222 g/mol. The lowest BCUT2D eigenvalue weighted by Crippen LogP contribution is -2.02. The van der Waals surface area contributed by atoms with Gasteiger partial charge in [0, 0.05) is 12.3 Å². The van der Waals surface area contributed by atoms with Crippen LogP contribution in [0.15, 0.2) is 12.3 Å². The Bertz CT molecular complexity index is 504. The molecule has 0 spiro atoms. The summed E-state index contributed by atoms with van der Waals surface area (Å²) in [6.45, 7) is 5.74. The van der Waals surface area contributed by atoms with Crippen LogP contribution in [0.25, 0.3) is 5.69 Å². The summed E-state index contributed by atoms with van der Waals surface area (Å²) in [7, 11) is 0. The normalized spacial score (nSPS) is 10.7. The number of halogens is 1. The van der Waals surface area contributed by atoms with Crippen molar-refractivity contribution >= 4 is 11.6 Å². The molecule has 0 fully saturated rings. The molecule has 78 valence electrons. The first kappa shape index (κ1) is 10.1. The van der Waals surface area contributed by atoms with Gasteiger partial charge in [0.2, 0.25) is 0 Å². The molecule has 15 heavy (non-hydrogen) atoms. The summed E-state index contributed by atoms with van der Waals surface area (Å²) in [6.07, 6.45) is 1.73. The van der Waals surface area contributed by atoms with E-state index in [1.165, 1.54) is 0 Å². The predicted octanol–water partition coefficient (Wildman–Crippen LogP) is 2.24. The first-order chi connectivity index (χ1) is 7.08. The lowest BCUT2D eigenvalue weighted by atomic mass is 10.2. The number of hydrogen-bond donors (Lipinski definition) is 0. The third-order valence-corrected chi connectivity index (χ3v) is 2.35. The Hall–Kier alpha value is -1.42. The average molecular weight is 223 g/mol. The van der Waals surface area contributed by atoms with Gasteiger partial charge in [0.05, 0.1) is 5.69 Å². The van der Waals surface area contributed by atoms with Crippen molar-refractivity contribution in [1.82, 2.24) is 19.7 Å². The second-order valence-corrected chi connectivity index (χ2v) is 3.80. The zero-order valence-electron chi connectivity index (χ0n) is 8.82. The van der Waals surface area contributed by atoms with Crippen LogP contribution >= 0.6 is 11.6 Å². The molecule has 5 heteroatoms. The van der Waals surface area contributed by atoms with Gasteiger partial charge in [-0.05, 0) is 26.3 Å². The zero-order valence-corrected chi connectivity index (χ0v) is 9.58. The van der Waals surface area contributed by atoms with Crippen molar-refractivity contribution in [2.75, 3.05) is 0 Å². The van der Waals surface area contributed by atoms with Gasteiger partial charge in [-0.1, -0.05) is 11.6 Å². The molecule has 0 radical (unpaired) electrons. The van der Waals surface area contributed by atoms with Crippen LogP contribution in [-0.2, 0) is 0 Å². The Morgan fingerprint density at radius 2 is 2.00 bits per heavy atom. The lowest BCUT2D eigenvalue weighted by molar-refractivity contribution is 0.822. The number of nitrogens with zero attached hydrogens (tertiary/aromatic N) is 4. The molecule has 0 saturated heterocycles. The highest BCUT2D eigenvalue weighted by Gasteiger charge is 2.08. The fraction of sp³-hybridized carbons (Fsp3) is 0.300. The van der Waals surface area contributed by atoms with Crippen molar-refractivity contribution in [1.29, 1.82) is 0 Å². The first-order valence-electron chi connectivity index (χ1n) is 4.60. The van der Waals surface area contributed by atoms with Gasteiger partial charge in [-0.15, -0.1) is 0 Å². The topological polar surface area (TPSA) is 43.6 Å². The number of pyridine rings is 1. The second kappa shape index (κ2) is 3.62. The van der Waals surface area contributed by atoms with Crippen LogP contribution in [0.3, 0.4) is 0 Å². The van der Waals surface area contributed by atoms with Crippen molar-refractivity contribution in [3.63, 3.8) is 0 Å². The maximum Gasteiger partial charge on any atom is 0.148 e. The van der Waals surface area contributed by atoms with E-state index < -0.39 is 0 Å². The molecule has 0 saturated carbocycles. The molecule has 4 nitrogen and oxygen atoms in total. The van der Waals surface area contributed by atoms with Crippen molar-refractivity contribution in [2.45, 2.75) is 20.8 Å². The fourth-order valence-electron chi connectivity index (χ4n) is 1.47.